The Morgan fingerprint density at radius 1 is 1.75 bits per heavy atom. The molecule has 0 aromatic heterocycles. The van der Waals surface area contributed by atoms with Crippen LogP contribution in [0, 0.1) is 5.92 Å². The SMILES string of the molecule is CCC[C@H](C)C(=O)O. The van der Waals surface area contributed by atoms with E-state index in [0.717, 1.165) is 12.8 Å². The molecule has 2 nitrogen and oxygen atoms in total. The van der Waals surface area contributed by atoms with Crippen LogP contribution in [-0.4, -0.2) is 11.1 Å². The largest absolute Gasteiger partial charge is 0.481 e. The van der Waals surface area contributed by atoms with Crippen LogP contribution in [0.3, 0.4) is 0 Å². The summed E-state index contributed by atoms with van der Waals surface area (Å²) in [6.45, 7) is 3.71. The molecule has 2 heteroatoms. The van der Waals surface area contributed by atoms with E-state index in [0.29, 0.717) is 0 Å². The van der Waals surface area contributed by atoms with Gasteiger partial charge in [-0.3, -0.25) is 4.79 Å². The average molecular weight is 116 g/mol. The maximum atomic E-state index is 10.1. The van der Waals surface area contributed by atoms with Crippen LogP contribution in [0.5, 0.6) is 0 Å². The van der Waals surface area contributed by atoms with E-state index in [1.165, 1.54) is 0 Å². The standard InChI is InChI=1S/C6H12O2/c1-3-4-5(2)6(7)8/h5H,3-4H2,1-2H3,(H,7,8)/t5-/m0/s1. The first-order chi connectivity index (χ1) is 3.68. The minimum Gasteiger partial charge on any atom is -0.481 e. The van der Waals surface area contributed by atoms with E-state index in [4.69, 9.17) is 5.11 Å². The Morgan fingerprint density at radius 3 is 2.38 bits per heavy atom. The molecule has 0 saturated carbocycles. The van der Waals surface area contributed by atoms with Gasteiger partial charge in [0.1, 0.15) is 0 Å². The lowest BCUT2D eigenvalue weighted by atomic mass is 10.1. The van der Waals surface area contributed by atoms with Crippen LogP contribution >= 0.6 is 0 Å². The first-order valence-electron chi connectivity index (χ1n) is 2.91. The zero-order chi connectivity index (χ0) is 6.57. The van der Waals surface area contributed by atoms with Crippen molar-refractivity contribution in [3.05, 3.63) is 0 Å². The molecule has 0 aliphatic heterocycles. The third-order valence-electron chi connectivity index (χ3n) is 1.14. The van der Waals surface area contributed by atoms with Crippen molar-refractivity contribution >= 4 is 5.97 Å². The first-order valence-corrected chi connectivity index (χ1v) is 2.91. The van der Waals surface area contributed by atoms with Crippen LogP contribution in [0.1, 0.15) is 26.7 Å². The lowest BCUT2D eigenvalue weighted by Crippen LogP contribution is -2.08. The minimum atomic E-state index is -0.688. The molecule has 1 N–H and O–H groups in total. The van der Waals surface area contributed by atoms with Gasteiger partial charge in [-0.25, -0.2) is 0 Å². The van der Waals surface area contributed by atoms with Gasteiger partial charge < -0.3 is 5.11 Å². The normalized spacial score (nSPS) is 13.2. The second kappa shape index (κ2) is 3.47. The lowest BCUT2D eigenvalue weighted by molar-refractivity contribution is -0.141. The quantitative estimate of drug-likeness (QED) is 0.606. The lowest BCUT2D eigenvalue weighted by Gasteiger charge is -2.00. The molecule has 0 aromatic carbocycles. The zero-order valence-corrected chi connectivity index (χ0v) is 5.35. The Morgan fingerprint density at radius 2 is 2.25 bits per heavy atom. The van der Waals surface area contributed by atoms with Gasteiger partial charge in [-0.2, -0.15) is 0 Å². The maximum absolute atomic E-state index is 10.1. The minimum absolute atomic E-state index is 0.167. The van der Waals surface area contributed by atoms with Crippen molar-refractivity contribution in [1.82, 2.24) is 0 Å². The highest BCUT2D eigenvalue weighted by atomic mass is 16.4. The number of carbonyl (C=O) groups is 1. The van der Waals surface area contributed by atoms with E-state index in [9.17, 15) is 4.79 Å². The van der Waals surface area contributed by atoms with Crippen LogP contribution in [-0.2, 0) is 4.79 Å². The smallest absolute Gasteiger partial charge is 0.306 e. The number of rotatable bonds is 3. The number of hydrogen-bond acceptors (Lipinski definition) is 1. The zero-order valence-electron chi connectivity index (χ0n) is 5.35. The molecule has 0 fully saturated rings. The molecule has 0 heterocycles. The van der Waals surface area contributed by atoms with Crippen LogP contribution in [0.25, 0.3) is 0 Å². The summed E-state index contributed by atoms with van der Waals surface area (Å²) >= 11 is 0. The van der Waals surface area contributed by atoms with Gasteiger partial charge in [-0.15, -0.1) is 0 Å². The van der Waals surface area contributed by atoms with Gasteiger partial charge in [0.2, 0.25) is 0 Å². The summed E-state index contributed by atoms with van der Waals surface area (Å²) in [6, 6.07) is 0. The summed E-state index contributed by atoms with van der Waals surface area (Å²) in [5.74, 6) is -0.855. The molecule has 0 aliphatic carbocycles. The van der Waals surface area contributed by atoms with Crippen LogP contribution < -0.4 is 0 Å². The Kier molecular flexibility index (Phi) is 3.24. The number of hydrogen-bond donors (Lipinski definition) is 1. The topological polar surface area (TPSA) is 37.3 Å². The third-order valence-corrected chi connectivity index (χ3v) is 1.14. The molecule has 1 atom stereocenters. The summed E-state index contributed by atoms with van der Waals surface area (Å²) in [4.78, 5) is 10.1. The van der Waals surface area contributed by atoms with Crippen molar-refractivity contribution in [3.8, 4) is 0 Å². The van der Waals surface area contributed by atoms with Gasteiger partial charge in [0.05, 0.1) is 5.92 Å². The van der Waals surface area contributed by atoms with E-state index in [1.54, 1.807) is 6.92 Å². The van der Waals surface area contributed by atoms with Crippen molar-refractivity contribution in [2.75, 3.05) is 0 Å². The maximum Gasteiger partial charge on any atom is 0.306 e. The Bertz CT molecular complexity index is 78.6. The molecule has 0 aliphatic rings. The van der Waals surface area contributed by atoms with E-state index in [-0.39, 0.29) is 5.92 Å². The van der Waals surface area contributed by atoms with Crippen molar-refractivity contribution in [3.63, 3.8) is 0 Å². The summed E-state index contributed by atoms with van der Waals surface area (Å²) < 4.78 is 0. The van der Waals surface area contributed by atoms with Crippen molar-refractivity contribution < 1.29 is 9.90 Å². The van der Waals surface area contributed by atoms with Crippen LogP contribution in [0.4, 0.5) is 0 Å². The van der Waals surface area contributed by atoms with Gasteiger partial charge in [0.15, 0.2) is 0 Å². The predicted molar refractivity (Wildman–Crippen MR) is 31.7 cm³/mol. The van der Waals surface area contributed by atoms with Gasteiger partial charge in [0, 0.05) is 0 Å². The van der Waals surface area contributed by atoms with Gasteiger partial charge >= 0.3 is 5.97 Å². The predicted octanol–water partition coefficient (Wildman–Crippen LogP) is 1.51. The molecule has 0 amide bonds. The van der Waals surface area contributed by atoms with Crippen LogP contribution in [0.2, 0.25) is 0 Å². The number of carboxylic acids is 1. The number of aliphatic carboxylic acids is 1. The molecular weight excluding hydrogens is 104 g/mol. The average Bonchev–Trinajstić information content (AvgIpc) is 1.67. The second-order valence-electron chi connectivity index (χ2n) is 2.03. The van der Waals surface area contributed by atoms with Crippen LogP contribution in [0.15, 0.2) is 0 Å². The van der Waals surface area contributed by atoms with E-state index < -0.39 is 5.97 Å². The Labute approximate surface area is 49.5 Å². The molecule has 0 saturated heterocycles. The van der Waals surface area contributed by atoms with Gasteiger partial charge in [-0.1, -0.05) is 20.3 Å². The summed E-state index contributed by atoms with van der Waals surface area (Å²) in [6.07, 6.45) is 1.74. The van der Waals surface area contributed by atoms with Gasteiger partial charge in [0.25, 0.3) is 0 Å². The molecule has 0 spiro atoms. The fourth-order valence-corrected chi connectivity index (χ4v) is 0.556. The number of carboxylic acid groups (broad SMARTS) is 1. The highest BCUT2D eigenvalue weighted by molar-refractivity contribution is 5.69. The summed E-state index contributed by atoms with van der Waals surface area (Å²) in [5, 5.41) is 8.31. The molecule has 0 bridgehead atoms. The fraction of sp³-hybridized carbons (Fsp3) is 0.833. The van der Waals surface area contributed by atoms with E-state index in [1.807, 2.05) is 6.92 Å². The highest BCUT2D eigenvalue weighted by Crippen LogP contribution is 2.03. The van der Waals surface area contributed by atoms with Crippen molar-refractivity contribution in [2.24, 2.45) is 5.92 Å². The Balaban J connectivity index is 3.32. The molecule has 0 rings (SSSR count). The molecule has 0 aromatic rings. The Hall–Kier alpha value is -0.530. The molecule has 8 heavy (non-hydrogen) atoms. The molecule has 0 radical (unpaired) electrons. The molecular formula is C6H12O2. The monoisotopic (exact) mass is 116 g/mol. The van der Waals surface area contributed by atoms with E-state index in [2.05, 4.69) is 0 Å². The summed E-state index contributed by atoms with van der Waals surface area (Å²) in [5.41, 5.74) is 0. The van der Waals surface area contributed by atoms with E-state index >= 15 is 0 Å². The highest BCUT2D eigenvalue weighted by Gasteiger charge is 2.07. The first kappa shape index (κ1) is 7.47. The van der Waals surface area contributed by atoms with Crippen molar-refractivity contribution in [1.29, 1.82) is 0 Å². The second-order valence-corrected chi connectivity index (χ2v) is 2.03. The van der Waals surface area contributed by atoms with Gasteiger partial charge in [-0.05, 0) is 6.42 Å². The molecule has 48 valence electrons. The third kappa shape index (κ3) is 2.61. The fourth-order valence-electron chi connectivity index (χ4n) is 0.556. The summed E-state index contributed by atoms with van der Waals surface area (Å²) in [7, 11) is 0. The molecule has 0 unspecified atom stereocenters. The van der Waals surface area contributed by atoms with Crippen molar-refractivity contribution in [2.45, 2.75) is 26.7 Å².